The highest BCUT2D eigenvalue weighted by atomic mass is 16.5. The number of imidazole rings is 1. The molecule has 84 valence electrons. The molecule has 0 aliphatic heterocycles. The zero-order valence-corrected chi connectivity index (χ0v) is 9.35. The van der Waals surface area contributed by atoms with E-state index >= 15 is 0 Å². The fourth-order valence-electron chi connectivity index (χ4n) is 1.65. The minimum Gasteiger partial charge on any atom is -0.493 e. The van der Waals surface area contributed by atoms with Crippen molar-refractivity contribution in [2.75, 3.05) is 14.2 Å². The van der Waals surface area contributed by atoms with Gasteiger partial charge in [0.25, 0.3) is 0 Å². The molecule has 16 heavy (non-hydrogen) atoms. The van der Waals surface area contributed by atoms with Gasteiger partial charge in [-0.3, -0.25) is 0 Å². The van der Waals surface area contributed by atoms with Crippen molar-refractivity contribution in [3.63, 3.8) is 0 Å². The van der Waals surface area contributed by atoms with E-state index in [4.69, 9.17) is 4.74 Å². The van der Waals surface area contributed by atoms with Gasteiger partial charge in [-0.1, -0.05) is 0 Å². The summed E-state index contributed by atoms with van der Waals surface area (Å²) in [6.45, 7) is 0. The minimum absolute atomic E-state index is 0.385. The van der Waals surface area contributed by atoms with Crippen molar-refractivity contribution < 1.29 is 14.3 Å². The van der Waals surface area contributed by atoms with E-state index in [1.54, 1.807) is 12.4 Å². The molecule has 0 saturated heterocycles. The van der Waals surface area contributed by atoms with Crippen LogP contribution in [0.15, 0.2) is 18.5 Å². The van der Waals surface area contributed by atoms with Gasteiger partial charge in [0.1, 0.15) is 11.1 Å². The summed E-state index contributed by atoms with van der Waals surface area (Å²) in [7, 11) is 4.73. The molecule has 1 aromatic heterocycles. The number of hydrogen-bond donors (Lipinski definition) is 0. The first kappa shape index (κ1) is 10.5. The molecule has 1 heterocycles. The molecule has 0 atom stereocenters. The summed E-state index contributed by atoms with van der Waals surface area (Å²) in [5.41, 5.74) is 1.95. The van der Waals surface area contributed by atoms with E-state index in [-0.39, 0.29) is 0 Å². The van der Waals surface area contributed by atoms with Gasteiger partial charge in [0, 0.05) is 7.05 Å². The standard InChI is InChI=1S/C11H12N2O3/c1-13-6-12-9-8(13)5-4-7(10(9)15-2)11(14)16-3/h4-6H,1-3H3. The Labute approximate surface area is 92.6 Å². The predicted octanol–water partition coefficient (Wildman–Crippen LogP) is 1.37. The highest BCUT2D eigenvalue weighted by Crippen LogP contribution is 2.28. The lowest BCUT2D eigenvalue weighted by atomic mass is 10.1. The highest BCUT2D eigenvalue weighted by molar-refractivity contribution is 5.99. The van der Waals surface area contributed by atoms with Gasteiger partial charge in [0.05, 0.1) is 26.1 Å². The van der Waals surface area contributed by atoms with Gasteiger partial charge >= 0.3 is 5.97 Å². The van der Waals surface area contributed by atoms with Crippen LogP contribution in [-0.4, -0.2) is 29.7 Å². The molecule has 0 amide bonds. The first-order chi connectivity index (χ1) is 7.69. The van der Waals surface area contributed by atoms with Gasteiger partial charge in [-0.05, 0) is 12.1 Å². The van der Waals surface area contributed by atoms with Gasteiger partial charge in [-0.2, -0.15) is 0 Å². The van der Waals surface area contributed by atoms with Crippen LogP contribution >= 0.6 is 0 Å². The molecule has 0 radical (unpaired) electrons. The maximum Gasteiger partial charge on any atom is 0.341 e. The third kappa shape index (κ3) is 1.41. The molecular formula is C11H12N2O3. The third-order valence-corrected chi connectivity index (χ3v) is 2.46. The number of methoxy groups -OCH3 is 2. The second-order valence-electron chi connectivity index (χ2n) is 3.36. The molecule has 2 aromatic rings. The Morgan fingerprint density at radius 1 is 1.38 bits per heavy atom. The van der Waals surface area contributed by atoms with Crippen molar-refractivity contribution in [3.8, 4) is 5.75 Å². The summed E-state index contributed by atoms with van der Waals surface area (Å²) in [6, 6.07) is 3.49. The SMILES string of the molecule is COC(=O)c1ccc2c(ncn2C)c1OC. The van der Waals surface area contributed by atoms with E-state index in [9.17, 15) is 4.79 Å². The summed E-state index contributed by atoms with van der Waals surface area (Å²) in [5, 5.41) is 0. The average molecular weight is 220 g/mol. The van der Waals surface area contributed by atoms with Crippen molar-refractivity contribution in [1.82, 2.24) is 9.55 Å². The molecule has 0 unspecified atom stereocenters. The average Bonchev–Trinajstić information content (AvgIpc) is 2.69. The van der Waals surface area contributed by atoms with Crippen LogP contribution < -0.4 is 4.74 Å². The number of esters is 1. The van der Waals surface area contributed by atoms with E-state index in [1.165, 1.54) is 14.2 Å². The van der Waals surface area contributed by atoms with E-state index in [0.29, 0.717) is 16.8 Å². The maximum absolute atomic E-state index is 11.5. The predicted molar refractivity (Wildman–Crippen MR) is 58.6 cm³/mol. The normalized spacial score (nSPS) is 10.4. The number of nitrogens with zero attached hydrogens (tertiary/aromatic N) is 2. The number of carbonyl (C=O) groups excluding carboxylic acids is 1. The number of rotatable bonds is 2. The van der Waals surface area contributed by atoms with E-state index in [1.807, 2.05) is 17.7 Å². The summed E-state index contributed by atoms with van der Waals surface area (Å²) in [5.74, 6) is 0.0225. The van der Waals surface area contributed by atoms with Gasteiger partial charge in [0.2, 0.25) is 0 Å². The Balaban J connectivity index is 2.73. The van der Waals surface area contributed by atoms with Gasteiger partial charge in [-0.25, -0.2) is 9.78 Å². The first-order valence-electron chi connectivity index (χ1n) is 4.75. The lowest BCUT2D eigenvalue weighted by Gasteiger charge is -2.07. The topological polar surface area (TPSA) is 53.3 Å². The number of fused-ring (bicyclic) bond motifs is 1. The molecule has 0 bridgehead atoms. The first-order valence-corrected chi connectivity index (χ1v) is 4.75. The largest absolute Gasteiger partial charge is 0.493 e. The fourth-order valence-corrected chi connectivity index (χ4v) is 1.65. The Morgan fingerprint density at radius 2 is 2.12 bits per heavy atom. The number of benzene rings is 1. The number of carbonyl (C=O) groups is 1. The quantitative estimate of drug-likeness (QED) is 0.717. The molecule has 5 nitrogen and oxygen atoms in total. The summed E-state index contributed by atoms with van der Waals surface area (Å²) >= 11 is 0. The van der Waals surface area contributed by atoms with Crippen LogP contribution in [0.2, 0.25) is 0 Å². The molecular weight excluding hydrogens is 208 g/mol. The lowest BCUT2D eigenvalue weighted by molar-refractivity contribution is 0.0597. The third-order valence-electron chi connectivity index (χ3n) is 2.46. The van der Waals surface area contributed by atoms with Gasteiger partial charge in [0.15, 0.2) is 5.75 Å². The van der Waals surface area contributed by atoms with Crippen LogP contribution in [0.25, 0.3) is 11.0 Å². The molecule has 0 aliphatic rings. The molecule has 2 rings (SSSR count). The number of aryl methyl sites for hydroxylation is 1. The van der Waals surface area contributed by atoms with Crippen molar-refractivity contribution in [2.45, 2.75) is 0 Å². The minimum atomic E-state index is -0.426. The zero-order valence-electron chi connectivity index (χ0n) is 9.35. The lowest BCUT2D eigenvalue weighted by Crippen LogP contribution is -2.04. The van der Waals surface area contributed by atoms with Gasteiger partial charge < -0.3 is 14.0 Å². The molecule has 0 saturated carbocycles. The van der Waals surface area contributed by atoms with Crippen molar-refractivity contribution in [3.05, 3.63) is 24.0 Å². The smallest absolute Gasteiger partial charge is 0.341 e. The molecule has 5 heteroatoms. The van der Waals surface area contributed by atoms with E-state index in [2.05, 4.69) is 9.72 Å². The van der Waals surface area contributed by atoms with Crippen LogP contribution in [0.1, 0.15) is 10.4 Å². The van der Waals surface area contributed by atoms with Crippen molar-refractivity contribution >= 4 is 17.0 Å². The van der Waals surface area contributed by atoms with Crippen molar-refractivity contribution in [2.24, 2.45) is 7.05 Å². The second kappa shape index (κ2) is 3.84. The Bertz CT molecular complexity index is 545. The summed E-state index contributed by atoms with van der Waals surface area (Å²) in [4.78, 5) is 15.7. The second-order valence-corrected chi connectivity index (χ2v) is 3.36. The van der Waals surface area contributed by atoms with Crippen LogP contribution in [0.5, 0.6) is 5.75 Å². The van der Waals surface area contributed by atoms with E-state index in [0.717, 1.165) is 5.52 Å². The number of hydrogen-bond acceptors (Lipinski definition) is 4. The molecule has 1 aromatic carbocycles. The van der Waals surface area contributed by atoms with Gasteiger partial charge in [-0.15, -0.1) is 0 Å². The number of aromatic nitrogens is 2. The number of ether oxygens (including phenoxy) is 2. The molecule has 0 N–H and O–H groups in total. The highest BCUT2D eigenvalue weighted by Gasteiger charge is 2.17. The summed E-state index contributed by atoms with van der Waals surface area (Å²) in [6.07, 6.45) is 1.67. The molecule has 0 spiro atoms. The zero-order chi connectivity index (χ0) is 11.7. The van der Waals surface area contributed by atoms with Crippen LogP contribution in [-0.2, 0) is 11.8 Å². The van der Waals surface area contributed by atoms with Crippen LogP contribution in [0, 0.1) is 0 Å². The Morgan fingerprint density at radius 3 is 2.75 bits per heavy atom. The monoisotopic (exact) mass is 220 g/mol. The summed E-state index contributed by atoms with van der Waals surface area (Å²) < 4.78 is 11.8. The molecule has 0 aliphatic carbocycles. The molecule has 0 fully saturated rings. The Kier molecular flexibility index (Phi) is 2.52. The van der Waals surface area contributed by atoms with E-state index < -0.39 is 5.97 Å². The fraction of sp³-hybridized carbons (Fsp3) is 0.273. The van der Waals surface area contributed by atoms with Crippen LogP contribution in [0.4, 0.5) is 0 Å². The van der Waals surface area contributed by atoms with Crippen LogP contribution in [0.3, 0.4) is 0 Å². The Hall–Kier alpha value is -2.04. The maximum atomic E-state index is 11.5. The van der Waals surface area contributed by atoms with Crippen molar-refractivity contribution in [1.29, 1.82) is 0 Å².